The van der Waals surface area contributed by atoms with Gasteiger partial charge in [0.15, 0.2) is 0 Å². The van der Waals surface area contributed by atoms with Crippen LogP contribution in [-0.2, 0) is 19.3 Å². The Kier molecular flexibility index (Phi) is 3.90. The lowest BCUT2D eigenvalue weighted by atomic mass is 9.87. The zero-order valence-electron chi connectivity index (χ0n) is 13.5. The van der Waals surface area contributed by atoms with Crippen molar-refractivity contribution in [3.8, 4) is 0 Å². The van der Waals surface area contributed by atoms with Gasteiger partial charge in [-0.25, -0.2) is 0 Å². The first kappa shape index (κ1) is 14.5. The van der Waals surface area contributed by atoms with E-state index < -0.39 is 0 Å². The first-order valence-corrected chi connectivity index (χ1v) is 8.82. The van der Waals surface area contributed by atoms with E-state index in [1.807, 2.05) is 6.07 Å². The topological polar surface area (TPSA) is 29.1 Å². The molecule has 1 amide bonds. The van der Waals surface area contributed by atoms with Crippen LogP contribution in [0.1, 0.15) is 64.3 Å². The fraction of sp³-hybridized carbons (Fsp3) is 0.381. The number of fused-ring (bicyclic) bond motifs is 2. The van der Waals surface area contributed by atoms with Gasteiger partial charge in [-0.15, -0.1) is 0 Å². The first-order chi connectivity index (χ1) is 11.3. The van der Waals surface area contributed by atoms with E-state index >= 15 is 0 Å². The number of carbonyl (C=O) groups excluding carboxylic acids is 1. The molecule has 0 saturated heterocycles. The summed E-state index contributed by atoms with van der Waals surface area (Å²) in [6, 6.07) is 14.9. The Morgan fingerprint density at radius 3 is 2.57 bits per heavy atom. The number of benzene rings is 2. The third-order valence-electron chi connectivity index (χ3n) is 5.29. The van der Waals surface area contributed by atoms with Crippen molar-refractivity contribution in [2.24, 2.45) is 0 Å². The maximum Gasteiger partial charge on any atom is 0.251 e. The third kappa shape index (κ3) is 2.90. The molecule has 0 aliphatic heterocycles. The smallest absolute Gasteiger partial charge is 0.251 e. The van der Waals surface area contributed by atoms with Gasteiger partial charge in [-0.05, 0) is 79.3 Å². The average molecular weight is 305 g/mol. The summed E-state index contributed by atoms with van der Waals surface area (Å²) in [5, 5.41) is 3.26. The maximum atomic E-state index is 12.7. The predicted octanol–water partition coefficient (Wildman–Crippen LogP) is 4.37. The number of nitrogens with one attached hydrogen (secondary N) is 1. The Bertz CT molecular complexity index is 734. The number of aryl methyl sites for hydroxylation is 3. The molecule has 0 heterocycles. The Labute approximate surface area is 137 Å². The second kappa shape index (κ2) is 6.19. The van der Waals surface area contributed by atoms with Crippen molar-refractivity contribution in [2.45, 2.75) is 51.0 Å². The van der Waals surface area contributed by atoms with Crippen molar-refractivity contribution in [2.75, 3.05) is 0 Å². The quantitative estimate of drug-likeness (QED) is 0.877. The molecule has 0 radical (unpaired) electrons. The summed E-state index contributed by atoms with van der Waals surface area (Å²) in [5.41, 5.74) is 6.29. The first-order valence-electron chi connectivity index (χ1n) is 8.82. The second-order valence-corrected chi connectivity index (χ2v) is 6.81. The molecule has 23 heavy (non-hydrogen) atoms. The van der Waals surface area contributed by atoms with Crippen molar-refractivity contribution >= 4 is 5.91 Å². The molecule has 1 atom stereocenters. The monoisotopic (exact) mass is 305 g/mol. The summed E-state index contributed by atoms with van der Waals surface area (Å²) in [6.07, 6.45) is 8.10. The van der Waals surface area contributed by atoms with Gasteiger partial charge in [-0.3, -0.25) is 4.79 Å². The van der Waals surface area contributed by atoms with E-state index in [0.717, 1.165) is 37.7 Å². The highest BCUT2D eigenvalue weighted by Crippen LogP contribution is 2.30. The van der Waals surface area contributed by atoms with Crippen molar-refractivity contribution in [3.05, 3.63) is 70.3 Å². The molecule has 118 valence electrons. The molecular formula is C21H23NO. The summed E-state index contributed by atoms with van der Waals surface area (Å²) in [5.74, 6) is 0.0695. The second-order valence-electron chi connectivity index (χ2n) is 6.81. The zero-order chi connectivity index (χ0) is 15.6. The van der Waals surface area contributed by atoms with Gasteiger partial charge in [0.1, 0.15) is 0 Å². The van der Waals surface area contributed by atoms with Crippen LogP contribution in [-0.4, -0.2) is 5.91 Å². The van der Waals surface area contributed by atoms with Gasteiger partial charge in [0.25, 0.3) is 5.91 Å². The maximum absolute atomic E-state index is 12.7. The van der Waals surface area contributed by atoms with Crippen LogP contribution >= 0.6 is 0 Å². The summed E-state index contributed by atoms with van der Waals surface area (Å²) in [7, 11) is 0. The van der Waals surface area contributed by atoms with E-state index in [0.29, 0.717) is 0 Å². The van der Waals surface area contributed by atoms with Gasteiger partial charge >= 0.3 is 0 Å². The molecule has 2 aromatic rings. The van der Waals surface area contributed by atoms with E-state index in [4.69, 9.17) is 0 Å². The van der Waals surface area contributed by atoms with E-state index in [1.165, 1.54) is 35.1 Å². The molecule has 0 spiro atoms. The molecule has 4 rings (SSSR count). The third-order valence-corrected chi connectivity index (χ3v) is 5.29. The van der Waals surface area contributed by atoms with Gasteiger partial charge in [0.05, 0.1) is 6.04 Å². The number of rotatable bonds is 2. The van der Waals surface area contributed by atoms with Crippen LogP contribution in [0, 0.1) is 0 Å². The largest absolute Gasteiger partial charge is 0.345 e. The molecule has 2 heteroatoms. The molecule has 2 nitrogen and oxygen atoms in total. The Morgan fingerprint density at radius 1 is 0.870 bits per heavy atom. The highest BCUT2D eigenvalue weighted by molar-refractivity contribution is 5.94. The fourth-order valence-corrected chi connectivity index (χ4v) is 4.02. The summed E-state index contributed by atoms with van der Waals surface area (Å²) in [4.78, 5) is 12.7. The number of hydrogen-bond acceptors (Lipinski definition) is 1. The number of amides is 1. The lowest BCUT2D eigenvalue weighted by Crippen LogP contribution is -2.31. The lowest BCUT2D eigenvalue weighted by molar-refractivity contribution is 0.0932. The van der Waals surface area contributed by atoms with E-state index in [-0.39, 0.29) is 11.9 Å². The number of carbonyl (C=O) groups is 1. The van der Waals surface area contributed by atoms with Crippen LogP contribution in [0.4, 0.5) is 0 Å². The van der Waals surface area contributed by atoms with Gasteiger partial charge in [0.2, 0.25) is 0 Å². The fourth-order valence-electron chi connectivity index (χ4n) is 4.02. The summed E-state index contributed by atoms with van der Waals surface area (Å²) < 4.78 is 0. The Morgan fingerprint density at radius 2 is 1.65 bits per heavy atom. The molecule has 0 fully saturated rings. The van der Waals surface area contributed by atoms with Gasteiger partial charge in [-0.2, -0.15) is 0 Å². The molecule has 0 unspecified atom stereocenters. The van der Waals surface area contributed by atoms with E-state index in [9.17, 15) is 4.79 Å². The van der Waals surface area contributed by atoms with Crippen molar-refractivity contribution < 1.29 is 4.79 Å². The lowest BCUT2D eigenvalue weighted by Gasteiger charge is -2.26. The summed E-state index contributed by atoms with van der Waals surface area (Å²) in [6.45, 7) is 0. The molecule has 0 saturated carbocycles. The van der Waals surface area contributed by atoms with Crippen LogP contribution in [0.15, 0.2) is 42.5 Å². The Hall–Kier alpha value is -2.09. The average Bonchev–Trinajstić information content (AvgIpc) is 2.61. The minimum atomic E-state index is 0.0695. The van der Waals surface area contributed by atoms with Crippen molar-refractivity contribution in [1.82, 2.24) is 5.32 Å². The predicted molar refractivity (Wildman–Crippen MR) is 92.7 cm³/mol. The molecule has 2 aliphatic carbocycles. The molecule has 2 aliphatic rings. The van der Waals surface area contributed by atoms with Crippen LogP contribution in [0.25, 0.3) is 0 Å². The molecule has 0 aromatic heterocycles. The molecule has 0 bridgehead atoms. The summed E-state index contributed by atoms with van der Waals surface area (Å²) >= 11 is 0. The van der Waals surface area contributed by atoms with E-state index in [2.05, 4.69) is 41.7 Å². The minimum absolute atomic E-state index is 0.0695. The Balaban J connectivity index is 1.55. The molecule has 1 N–H and O–H groups in total. The highest BCUT2D eigenvalue weighted by Gasteiger charge is 2.22. The van der Waals surface area contributed by atoms with Crippen LogP contribution < -0.4 is 5.32 Å². The molecule has 2 aromatic carbocycles. The number of hydrogen-bond donors (Lipinski definition) is 1. The van der Waals surface area contributed by atoms with Gasteiger partial charge < -0.3 is 5.32 Å². The minimum Gasteiger partial charge on any atom is -0.345 e. The van der Waals surface area contributed by atoms with Crippen molar-refractivity contribution in [3.63, 3.8) is 0 Å². The van der Waals surface area contributed by atoms with Crippen LogP contribution in [0.3, 0.4) is 0 Å². The van der Waals surface area contributed by atoms with Gasteiger partial charge in [-0.1, -0.05) is 30.3 Å². The standard InChI is InChI=1S/C21H23NO/c23-21(18-13-12-15-6-1-2-8-17(15)14-18)22-20-11-5-9-16-7-3-4-10-19(16)20/h3-4,7,10,12-14,20H,1-2,5-6,8-9,11H2,(H,22,23)/t20-/m1/s1. The molecular weight excluding hydrogens is 282 g/mol. The van der Waals surface area contributed by atoms with E-state index in [1.54, 1.807) is 0 Å². The zero-order valence-corrected chi connectivity index (χ0v) is 13.5. The SMILES string of the molecule is O=C(N[C@@H]1CCCc2ccccc21)c1ccc2c(c1)CCCC2. The van der Waals surface area contributed by atoms with Crippen LogP contribution in [0.5, 0.6) is 0 Å². The highest BCUT2D eigenvalue weighted by atomic mass is 16.1. The normalized spacial score (nSPS) is 19.6. The van der Waals surface area contributed by atoms with Crippen LogP contribution in [0.2, 0.25) is 0 Å². The van der Waals surface area contributed by atoms with Crippen molar-refractivity contribution in [1.29, 1.82) is 0 Å². The van der Waals surface area contributed by atoms with Gasteiger partial charge in [0, 0.05) is 5.56 Å².